The number of rotatable bonds is 4. The molecule has 4 heteroatoms. The topological polar surface area (TPSA) is 41.6 Å². The van der Waals surface area contributed by atoms with Crippen LogP contribution in [-0.4, -0.2) is 29.5 Å². The summed E-state index contributed by atoms with van der Waals surface area (Å²) in [5.74, 6) is 1.06. The van der Waals surface area contributed by atoms with E-state index < -0.39 is 5.54 Å². The summed E-state index contributed by atoms with van der Waals surface area (Å²) < 4.78 is 5.47. The first-order valence-corrected chi connectivity index (χ1v) is 7.34. The number of ether oxygens (including phenoxy) is 1. The van der Waals surface area contributed by atoms with Gasteiger partial charge in [0.25, 0.3) is 0 Å². The smallest absolute Gasteiger partial charge is 0.244 e. The van der Waals surface area contributed by atoms with Gasteiger partial charge in [0.15, 0.2) is 0 Å². The van der Waals surface area contributed by atoms with Crippen molar-refractivity contribution in [1.82, 2.24) is 10.2 Å². The molecule has 0 radical (unpaired) electrons. The van der Waals surface area contributed by atoms with Gasteiger partial charge in [-0.25, -0.2) is 0 Å². The average molecular weight is 274 g/mol. The number of carbonyl (C=O) groups excluding carboxylic acids is 1. The maximum Gasteiger partial charge on any atom is 0.244 e. The Morgan fingerprint density at radius 1 is 1.40 bits per heavy atom. The van der Waals surface area contributed by atoms with Crippen LogP contribution in [0.2, 0.25) is 0 Å². The Morgan fingerprint density at radius 3 is 2.70 bits per heavy atom. The van der Waals surface area contributed by atoms with Crippen molar-refractivity contribution in [2.45, 2.75) is 50.9 Å². The highest BCUT2D eigenvalue weighted by Gasteiger charge is 2.52. The Kier molecular flexibility index (Phi) is 3.21. The first-order valence-electron chi connectivity index (χ1n) is 7.34. The number of para-hydroxylation sites is 1. The summed E-state index contributed by atoms with van der Waals surface area (Å²) in [6.45, 7) is 4.06. The molecule has 2 atom stereocenters. The van der Waals surface area contributed by atoms with Crippen LogP contribution in [0, 0.1) is 0 Å². The molecule has 1 aromatic rings. The van der Waals surface area contributed by atoms with Crippen LogP contribution in [0.3, 0.4) is 0 Å². The number of nitrogens with one attached hydrogen (secondary N) is 1. The first-order chi connectivity index (χ1) is 9.60. The predicted octanol–water partition coefficient (Wildman–Crippen LogP) is 2.46. The minimum atomic E-state index is -0.464. The molecule has 2 unspecified atom stereocenters. The van der Waals surface area contributed by atoms with E-state index in [1.807, 2.05) is 36.1 Å². The second-order valence-electron chi connectivity index (χ2n) is 5.92. The fraction of sp³-hybridized carbons (Fsp3) is 0.562. The quantitative estimate of drug-likeness (QED) is 0.917. The lowest BCUT2D eigenvalue weighted by Crippen LogP contribution is -2.43. The van der Waals surface area contributed by atoms with Crippen molar-refractivity contribution in [3.05, 3.63) is 29.8 Å². The molecule has 1 saturated carbocycles. The number of nitrogens with zero attached hydrogens (tertiary/aromatic N) is 1. The van der Waals surface area contributed by atoms with E-state index in [2.05, 4.69) is 12.2 Å². The Labute approximate surface area is 120 Å². The van der Waals surface area contributed by atoms with Crippen molar-refractivity contribution >= 4 is 5.91 Å². The first kappa shape index (κ1) is 13.4. The third kappa shape index (κ3) is 1.99. The molecule has 0 aromatic heterocycles. The fourth-order valence-electron chi connectivity index (χ4n) is 2.94. The number of hydrogen-bond donors (Lipinski definition) is 1. The molecule has 1 N–H and O–H groups in total. The summed E-state index contributed by atoms with van der Waals surface area (Å²) in [6, 6.07) is 8.34. The zero-order chi connectivity index (χ0) is 14.3. The molecule has 1 aliphatic heterocycles. The van der Waals surface area contributed by atoms with Crippen LogP contribution in [0.25, 0.3) is 0 Å². The Balaban J connectivity index is 2.01. The predicted molar refractivity (Wildman–Crippen MR) is 77.4 cm³/mol. The van der Waals surface area contributed by atoms with Crippen molar-refractivity contribution in [3.8, 4) is 5.75 Å². The molecule has 2 aliphatic rings. The van der Waals surface area contributed by atoms with E-state index in [1.54, 1.807) is 7.11 Å². The molecule has 2 fully saturated rings. The highest BCUT2D eigenvalue weighted by Crippen LogP contribution is 2.42. The molecular weight excluding hydrogens is 252 g/mol. The van der Waals surface area contributed by atoms with Crippen LogP contribution >= 0.6 is 0 Å². The third-order valence-corrected chi connectivity index (χ3v) is 4.52. The van der Waals surface area contributed by atoms with E-state index in [9.17, 15) is 4.79 Å². The van der Waals surface area contributed by atoms with Gasteiger partial charge in [0, 0.05) is 11.6 Å². The molecule has 3 rings (SSSR count). The number of carbonyl (C=O) groups is 1. The van der Waals surface area contributed by atoms with Gasteiger partial charge in [0.2, 0.25) is 5.91 Å². The van der Waals surface area contributed by atoms with Gasteiger partial charge < -0.3 is 9.64 Å². The van der Waals surface area contributed by atoms with Crippen LogP contribution in [0.15, 0.2) is 24.3 Å². The monoisotopic (exact) mass is 274 g/mol. The van der Waals surface area contributed by atoms with Crippen molar-refractivity contribution < 1.29 is 9.53 Å². The lowest BCUT2D eigenvalue weighted by Gasteiger charge is -2.25. The largest absolute Gasteiger partial charge is 0.496 e. The minimum Gasteiger partial charge on any atom is -0.496 e. The molecule has 1 aromatic carbocycles. The van der Waals surface area contributed by atoms with E-state index >= 15 is 0 Å². The van der Waals surface area contributed by atoms with Crippen LogP contribution < -0.4 is 10.1 Å². The maximum atomic E-state index is 12.7. The summed E-state index contributed by atoms with van der Waals surface area (Å²) in [4.78, 5) is 14.8. The van der Waals surface area contributed by atoms with Gasteiger partial charge in [-0.3, -0.25) is 10.1 Å². The molecular formula is C16H22N2O2. The van der Waals surface area contributed by atoms with E-state index in [0.717, 1.165) is 30.6 Å². The van der Waals surface area contributed by atoms with Crippen molar-refractivity contribution in [2.75, 3.05) is 7.11 Å². The molecule has 1 heterocycles. The average Bonchev–Trinajstić information content (AvgIpc) is 3.27. The number of amides is 1. The van der Waals surface area contributed by atoms with Crippen molar-refractivity contribution in [1.29, 1.82) is 0 Å². The number of benzene rings is 1. The Bertz CT molecular complexity index is 527. The fourth-order valence-corrected chi connectivity index (χ4v) is 2.94. The summed E-state index contributed by atoms with van der Waals surface area (Å²) in [7, 11) is 1.68. The molecule has 0 bridgehead atoms. The zero-order valence-electron chi connectivity index (χ0n) is 12.3. The van der Waals surface area contributed by atoms with Crippen LogP contribution in [0.1, 0.15) is 44.8 Å². The van der Waals surface area contributed by atoms with E-state index in [1.165, 1.54) is 0 Å². The molecule has 108 valence electrons. The van der Waals surface area contributed by atoms with Gasteiger partial charge in [-0.1, -0.05) is 25.1 Å². The van der Waals surface area contributed by atoms with Gasteiger partial charge in [0.1, 0.15) is 11.9 Å². The Hall–Kier alpha value is -1.55. The van der Waals surface area contributed by atoms with Gasteiger partial charge >= 0.3 is 0 Å². The van der Waals surface area contributed by atoms with E-state index in [4.69, 9.17) is 4.74 Å². The van der Waals surface area contributed by atoms with Crippen molar-refractivity contribution in [2.24, 2.45) is 0 Å². The maximum absolute atomic E-state index is 12.7. The zero-order valence-corrected chi connectivity index (χ0v) is 12.3. The second kappa shape index (κ2) is 4.77. The number of methoxy groups -OCH3 is 1. The van der Waals surface area contributed by atoms with E-state index in [-0.39, 0.29) is 12.1 Å². The highest BCUT2D eigenvalue weighted by molar-refractivity contribution is 5.89. The van der Waals surface area contributed by atoms with Gasteiger partial charge in [-0.15, -0.1) is 0 Å². The summed E-state index contributed by atoms with van der Waals surface area (Å²) in [6.07, 6.45) is 2.94. The summed E-state index contributed by atoms with van der Waals surface area (Å²) >= 11 is 0. The molecule has 20 heavy (non-hydrogen) atoms. The molecule has 0 spiro atoms. The lowest BCUT2D eigenvalue weighted by molar-refractivity contribution is -0.133. The number of hydrogen-bond acceptors (Lipinski definition) is 3. The third-order valence-electron chi connectivity index (χ3n) is 4.52. The standard InChI is InChI=1S/C16H22N2O2/c1-4-16(2)15(19)18(11-9-10-11)14(17-16)12-7-5-6-8-13(12)20-3/h5-8,11,14,17H,4,9-10H2,1-3H3. The Morgan fingerprint density at radius 2 is 2.10 bits per heavy atom. The summed E-state index contributed by atoms with van der Waals surface area (Å²) in [5, 5.41) is 3.53. The van der Waals surface area contributed by atoms with Gasteiger partial charge in [-0.05, 0) is 32.3 Å². The lowest BCUT2D eigenvalue weighted by atomic mass is 9.99. The van der Waals surface area contributed by atoms with Crippen LogP contribution in [0.4, 0.5) is 0 Å². The highest BCUT2D eigenvalue weighted by atomic mass is 16.5. The SMILES string of the molecule is CCC1(C)NC(c2ccccc2OC)N(C2CC2)C1=O. The van der Waals surface area contributed by atoms with E-state index in [0.29, 0.717) is 6.04 Å². The van der Waals surface area contributed by atoms with Crippen LogP contribution in [0.5, 0.6) is 5.75 Å². The van der Waals surface area contributed by atoms with Gasteiger partial charge in [0.05, 0.1) is 12.6 Å². The van der Waals surface area contributed by atoms with Crippen molar-refractivity contribution in [3.63, 3.8) is 0 Å². The second-order valence-corrected chi connectivity index (χ2v) is 5.92. The molecule has 1 amide bonds. The molecule has 1 aliphatic carbocycles. The van der Waals surface area contributed by atoms with Crippen LogP contribution in [-0.2, 0) is 4.79 Å². The minimum absolute atomic E-state index is 0.0731. The molecule has 1 saturated heterocycles. The normalized spacial score (nSPS) is 29.9. The van der Waals surface area contributed by atoms with Gasteiger partial charge in [-0.2, -0.15) is 0 Å². The molecule has 4 nitrogen and oxygen atoms in total. The summed E-state index contributed by atoms with van der Waals surface area (Å²) in [5.41, 5.74) is 0.584.